The first-order valence-corrected chi connectivity index (χ1v) is 9.92. The first-order valence-electron chi connectivity index (χ1n) is 8.01. The standard InChI is InChI=1S/C17H28FN2OSi/c1-13-11-20(10-9-19-13)15-8-6-7-14(16(15)18)12-21-22(5)17(2,3)4/h6-8,13,19H,9-12H2,1-5H3/t13-/m1/s1. The van der Waals surface area contributed by atoms with Crippen LogP contribution in [0.5, 0.6) is 0 Å². The summed E-state index contributed by atoms with van der Waals surface area (Å²) in [4.78, 5) is 2.13. The summed E-state index contributed by atoms with van der Waals surface area (Å²) in [7, 11) is -0.955. The summed E-state index contributed by atoms with van der Waals surface area (Å²) in [5.41, 5.74) is 1.37. The number of hydrogen-bond donors (Lipinski definition) is 1. The first kappa shape index (κ1) is 17.4. The van der Waals surface area contributed by atoms with E-state index in [2.05, 4.69) is 44.5 Å². The highest BCUT2D eigenvalue weighted by molar-refractivity contribution is 6.53. The van der Waals surface area contributed by atoms with Crippen molar-refractivity contribution in [3.05, 3.63) is 29.6 Å². The summed E-state index contributed by atoms with van der Waals surface area (Å²) in [6, 6.07) is 6.03. The number of nitrogens with one attached hydrogen (secondary N) is 1. The van der Waals surface area contributed by atoms with Crippen molar-refractivity contribution in [1.82, 2.24) is 5.32 Å². The third-order valence-electron chi connectivity index (χ3n) is 4.27. The zero-order chi connectivity index (χ0) is 16.3. The SMILES string of the molecule is C[C@@H]1CN(c2cccc(CO[Si](C)C(C)(C)C)c2F)CCN1. The van der Waals surface area contributed by atoms with Gasteiger partial charge in [-0.2, -0.15) is 0 Å². The van der Waals surface area contributed by atoms with Crippen LogP contribution in [-0.4, -0.2) is 34.7 Å². The number of rotatable bonds is 4. The molecule has 1 N–H and O–H groups in total. The lowest BCUT2D eigenvalue weighted by molar-refractivity contribution is 0.288. The van der Waals surface area contributed by atoms with E-state index in [4.69, 9.17) is 4.43 Å². The van der Waals surface area contributed by atoms with Crippen molar-refractivity contribution in [3.8, 4) is 0 Å². The van der Waals surface area contributed by atoms with E-state index in [1.165, 1.54) is 0 Å². The first-order chi connectivity index (χ1) is 10.3. The molecule has 0 aromatic heterocycles. The van der Waals surface area contributed by atoms with Crippen molar-refractivity contribution in [1.29, 1.82) is 0 Å². The van der Waals surface area contributed by atoms with Gasteiger partial charge in [0.25, 0.3) is 0 Å². The second-order valence-corrected chi connectivity index (χ2v) is 10.0. The van der Waals surface area contributed by atoms with Gasteiger partial charge in [0.05, 0.1) is 12.3 Å². The molecule has 123 valence electrons. The number of anilines is 1. The summed E-state index contributed by atoms with van der Waals surface area (Å²) < 4.78 is 20.8. The zero-order valence-electron chi connectivity index (χ0n) is 14.4. The lowest BCUT2D eigenvalue weighted by Crippen LogP contribution is -2.49. The molecule has 1 atom stereocenters. The molecule has 1 aromatic carbocycles. The molecule has 0 aliphatic carbocycles. The monoisotopic (exact) mass is 323 g/mol. The van der Waals surface area contributed by atoms with Crippen molar-refractivity contribution in [3.63, 3.8) is 0 Å². The molecule has 5 heteroatoms. The van der Waals surface area contributed by atoms with Crippen LogP contribution >= 0.6 is 0 Å². The molecule has 0 bridgehead atoms. The molecule has 22 heavy (non-hydrogen) atoms. The van der Waals surface area contributed by atoms with Gasteiger partial charge in [-0.05, 0) is 24.6 Å². The largest absolute Gasteiger partial charge is 0.412 e. The van der Waals surface area contributed by atoms with Crippen molar-refractivity contribution < 1.29 is 8.82 Å². The van der Waals surface area contributed by atoms with Crippen LogP contribution in [-0.2, 0) is 11.0 Å². The summed E-state index contributed by atoms with van der Waals surface area (Å²) >= 11 is 0. The van der Waals surface area contributed by atoms with E-state index >= 15 is 0 Å². The Bertz CT molecular complexity index is 504. The second kappa shape index (κ2) is 7.11. The number of halogens is 1. The molecule has 3 nitrogen and oxygen atoms in total. The van der Waals surface area contributed by atoms with Gasteiger partial charge in [-0.15, -0.1) is 0 Å². The molecule has 1 aromatic rings. The molecule has 2 rings (SSSR count). The van der Waals surface area contributed by atoms with Crippen molar-refractivity contribution in [2.75, 3.05) is 24.5 Å². The molecule has 1 aliphatic heterocycles. The third kappa shape index (κ3) is 4.30. The van der Waals surface area contributed by atoms with E-state index < -0.39 is 9.04 Å². The Hall–Kier alpha value is -0.913. The predicted molar refractivity (Wildman–Crippen MR) is 92.2 cm³/mol. The summed E-state index contributed by atoms with van der Waals surface area (Å²) in [6.07, 6.45) is 0. The van der Waals surface area contributed by atoms with Gasteiger partial charge in [-0.3, -0.25) is 0 Å². The summed E-state index contributed by atoms with van der Waals surface area (Å²) in [5, 5.41) is 3.55. The van der Waals surface area contributed by atoms with E-state index in [1.807, 2.05) is 18.2 Å². The molecule has 1 saturated heterocycles. The van der Waals surface area contributed by atoms with Gasteiger partial charge in [0.1, 0.15) is 0 Å². The molecule has 0 amide bonds. The number of hydrogen-bond acceptors (Lipinski definition) is 3. The van der Waals surface area contributed by atoms with Crippen LogP contribution in [0.1, 0.15) is 33.3 Å². The molecular weight excluding hydrogens is 295 g/mol. The van der Waals surface area contributed by atoms with Crippen LogP contribution in [0.4, 0.5) is 10.1 Å². The van der Waals surface area contributed by atoms with Gasteiger partial charge in [-0.1, -0.05) is 32.9 Å². The molecule has 1 heterocycles. The maximum Gasteiger partial charge on any atom is 0.214 e. The Labute approximate surface area is 135 Å². The fourth-order valence-electron chi connectivity index (χ4n) is 2.48. The normalized spacial score (nSPS) is 19.8. The van der Waals surface area contributed by atoms with Crippen molar-refractivity contribution in [2.45, 2.75) is 51.9 Å². The predicted octanol–water partition coefficient (Wildman–Crippen LogP) is 3.56. The van der Waals surface area contributed by atoms with Crippen LogP contribution in [0.25, 0.3) is 0 Å². The van der Waals surface area contributed by atoms with E-state index in [9.17, 15) is 4.39 Å². The van der Waals surface area contributed by atoms with Crippen LogP contribution in [0.15, 0.2) is 18.2 Å². The molecule has 0 unspecified atom stereocenters. The van der Waals surface area contributed by atoms with E-state index in [0.717, 1.165) is 19.6 Å². The highest BCUT2D eigenvalue weighted by Crippen LogP contribution is 2.29. The molecule has 0 spiro atoms. The van der Waals surface area contributed by atoms with Gasteiger partial charge in [0, 0.05) is 31.2 Å². The minimum atomic E-state index is -0.955. The molecule has 1 radical (unpaired) electrons. The highest BCUT2D eigenvalue weighted by atomic mass is 28.3. The van der Waals surface area contributed by atoms with Gasteiger partial charge in [0.2, 0.25) is 9.04 Å². The smallest absolute Gasteiger partial charge is 0.214 e. The fourth-order valence-corrected chi connectivity index (χ4v) is 3.28. The van der Waals surface area contributed by atoms with Gasteiger partial charge in [0.15, 0.2) is 5.82 Å². The average molecular weight is 324 g/mol. The summed E-state index contributed by atoms with van der Waals surface area (Å²) in [6.45, 7) is 13.7. The quantitative estimate of drug-likeness (QED) is 0.858. The summed E-state index contributed by atoms with van der Waals surface area (Å²) in [5.74, 6) is -0.125. The number of piperazine rings is 1. The third-order valence-corrected chi connectivity index (χ3v) is 6.96. The number of nitrogens with zero attached hydrogens (tertiary/aromatic N) is 1. The minimum Gasteiger partial charge on any atom is -0.412 e. The molecule has 1 fully saturated rings. The Balaban J connectivity index is 2.09. The van der Waals surface area contributed by atoms with Crippen LogP contribution in [0.2, 0.25) is 11.6 Å². The Morgan fingerprint density at radius 1 is 1.41 bits per heavy atom. The van der Waals surface area contributed by atoms with Crippen LogP contribution in [0, 0.1) is 5.82 Å². The van der Waals surface area contributed by atoms with Crippen molar-refractivity contribution in [2.24, 2.45) is 0 Å². The second-order valence-electron chi connectivity index (χ2n) is 7.15. The fraction of sp³-hybridized carbons (Fsp3) is 0.647. The lowest BCUT2D eigenvalue weighted by Gasteiger charge is -2.34. The Morgan fingerprint density at radius 3 is 2.77 bits per heavy atom. The van der Waals surface area contributed by atoms with Crippen LogP contribution in [0.3, 0.4) is 0 Å². The van der Waals surface area contributed by atoms with E-state index in [-0.39, 0.29) is 10.9 Å². The van der Waals surface area contributed by atoms with Gasteiger partial charge in [-0.25, -0.2) is 4.39 Å². The zero-order valence-corrected chi connectivity index (χ0v) is 15.4. The molecule has 1 aliphatic rings. The van der Waals surface area contributed by atoms with Gasteiger partial charge < -0.3 is 14.6 Å². The van der Waals surface area contributed by atoms with Crippen molar-refractivity contribution >= 4 is 14.7 Å². The maximum absolute atomic E-state index is 14.8. The average Bonchev–Trinajstić information content (AvgIpc) is 2.44. The van der Waals surface area contributed by atoms with E-state index in [0.29, 0.717) is 23.9 Å². The Kier molecular flexibility index (Phi) is 5.63. The molecule has 0 saturated carbocycles. The molecular formula is C17H28FN2OSi. The van der Waals surface area contributed by atoms with E-state index in [1.54, 1.807) is 0 Å². The van der Waals surface area contributed by atoms with Gasteiger partial charge >= 0.3 is 0 Å². The minimum absolute atomic E-state index is 0.125. The maximum atomic E-state index is 14.8. The Morgan fingerprint density at radius 2 is 2.14 bits per heavy atom. The van der Waals surface area contributed by atoms with Crippen LogP contribution < -0.4 is 10.2 Å². The highest BCUT2D eigenvalue weighted by Gasteiger charge is 2.25. The number of benzene rings is 1. The topological polar surface area (TPSA) is 24.5 Å². The lowest BCUT2D eigenvalue weighted by atomic mass is 10.1.